The van der Waals surface area contributed by atoms with Gasteiger partial charge in [-0.25, -0.2) is 4.39 Å². The lowest BCUT2D eigenvalue weighted by molar-refractivity contribution is -0.139. The highest BCUT2D eigenvalue weighted by Crippen LogP contribution is 2.47. The van der Waals surface area contributed by atoms with Crippen molar-refractivity contribution in [1.29, 1.82) is 0 Å². The SMILES string of the molecule is O=C(O)CC1(c2ccncc2F)CCC1. The predicted molar refractivity (Wildman–Crippen MR) is 52.0 cm³/mol. The average molecular weight is 209 g/mol. The molecule has 15 heavy (non-hydrogen) atoms. The van der Waals surface area contributed by atoms with E-state index in [0.29, 0.717) is 5.56 Å². The number of pyridine rings is 1. The summed E-state index contributed by atoms with van der Waals surface area (Å²) in [5, 5.41) is 8.83. The molecule has 1 N–H and O–H groups in total. The van der Waals surface area contributed by atoms with Gasteiger partial charge in [0.25, 0.3) is 0 Å². The Bertz CT molecular complexity index is 388. The molecule has 1 heterocycles. The van der Waals surface area contributed by atoms with Gasteiger partial charge in [0, 0.05) is 11.6 Å². The van der Waals surface area contributed by atoms with Crippen molar-refractivity contribution in [3.05, 3.63) is 29.8 Å². The van der Waals surface area contributed by atoms with Crippen molar-refractivity contribution in [2.75, 3.05) is 0 Å². The maximum absolute atomic E-state index is 13.5. The number of carbonyl (C=O) groups is 1. The van der Waals surface area contributed by atoms with Crippen LogP contribution in [0.15, 0.2) is 18.5 Å². The zero-order valence-electron chi connectivity index (χ0n) is 8.24. The summed E-state index contributed by atoms with van der Waals surface area (Å²) in [6.07, 6.45) is 5.14. The molecule has 1 aromatic heterocycles. The molecule has 1 aliphatic carbocycles. The molecule has 0 unspecified atom stereocenters. The minimum absolute atomic E-state index is 0.00787. The van der Waals surface area contributed by atoms with Crippen LogP contribution in [0, 0.1) is 5.82 Å². The topological polar surface area (TPSA) is 50.2 Å². The van der Waals surface area contributed by atoms with E-state index < -0.39 is 17.2 Å². The lowest BCUT2D eigenvalue weighted by Crippen LogP contribution is -2.37. The van der Waals surface area contributed by atoms with Gasteiger partial charge in [-0.05, 0) is 24.5 Å². The second-order valence-corrected chi connectivity index (χ2v) is 4.06. The first kappa shape index (κ1) is 10.1. The van der Waals surface area contributed by atoms with Crippen LogP contribution in [0.25, 0.3) is 0 Å². The first-order valence-corrected chi connectivity index (χ1v) is 4.96. The lowest BCUT2D eigenvalue weighted by Gasteiger charge is -2.41. The first-order chi connectivity index (χ1) is 7.14. The fourth-order valence-corrected chi connectivity index (χ4v) is 2.24. The fraction of sp³-hybridized carbons (Fsp3) is 0.455. The Kier molecular flexibility index (Phi) is 2.42. The monoisotopic (exact) mass is 209 g/mol. The molecule has 0 amide bonds. The molecule has 0 radical (unpaired) electrons. The van der Waals surface area contributed by atoms with Crippen LogP contribution in [-0.2, 0) is 10.2 Å². The van der Waals surface area contributed by atoms with E-state index in [2.05, 4.69) is 4.98 Å². The zero-order valence-corrected chi connectivity index (χ0v) is 8.24. The van der Waals surface area contributed by atoms with Gasteiger partial charge in [0.15, 0.2) is 0 Å². The highest BCUT2D eigenvalue weighted by atomic mass is 19.1. The minimum atomic E-state index is -0.870. The molecule has 1 fully saturated rings. The third-order valence-electron chi connectivity index (χ3n) is 3.14. The van der Waals surface area contributed by atoms with E-state index in [1.807, 2.05) is 0 Å². The Morgan fingerprint density at radius 3 is 2.80 bits per heavy atom. The summed E-state index contributed by atoms with van der Waals surface area (Å²) in [5.41, 5.74) is 0.0184. The summed E-state index contributed by atoms with van der Waals surface area (Å²) in [6, 6.07) is 1.59. The zero-order chi connectivity index (χ0) is 10.9. The normalized spacial score (nSPS) is 18.2. The van der Waals surface area contributed by atoms with Crippen molar-refractivity contribution in [3.8, 4) is 0 Å². The Balaban J connectivity index is 2.34. The number of aromatic nitrogens is 1. The van der Waals surface area contributed by atoms with E-state index in [-0.39, 0.29) is 6.42 Å². The third-order valence-corrected chi connectivity index (χ3v) is 3.14. The summed E-state index contributed by atoms with van der Waals surface area (Å²) in [5.74, 6) is -1.26. The van der Waals surface area contributed by atoms with E-state index in [4.69, 9.17) is 5.11 Å². The van der Waals surface area contributed by atoms with Crippen LogP contribution in [0.1, 0.15) is 31.2 Å². The molecular weight excluding hydrogens is 197 g/mol. The average Bonchev–Trinajstić information content (AvgIpc) is 2.12. The minimum Gasteiger partial charge on any atom is -0.481 e. The van der Waals surface area contributed by atoms with Crippen LogP contribution in [-0.4, -0.2) is 16.1 Å². The van der Waals surface area contributed by atoms with Crippen molar-refractivity contribution < 1.29 is 14.3 Å². The number of aliphatic carboxylic acids is 1. The van der Waals surface area contributed by atoms with Gasteiger partial charge in [-0.2, -0.15) is 0 Å². The molecule has 1 aliphatic rings. The molecule has 4 heteroatoms. The maximum Gasteiger partial charge on any atom is 0.304 e. The lowest BCUT2D eigenvalue weighted by atomic mass is 9.62. The van der Waals surface area contributed by atoms with Crippen LogP contribution < -0.4 is 0 Å². The van der Waals surface area contributed by atoms with E-state index in [1.54, 1.807) is 6.07 Å². The van der Waals surface area contributed by atoms with Gasteiger partial charge >= 0.3 is 5.97 Å². The second kappa shape index (κ2) is 3.61. The summed E-state index contributed by atoms with van der Waals surface area (Å²) < 4.78 is 13.5. The molecule has 3 nitrogen and oxygen atoms in total. The van der Waals surface area contributed by atoms with Crippen molar-refractivity contribution in [2.24, 2.45) is 0 Å². The van der Waals surface area contributed by atoms with Gasteiger partial charge < -0.3 is 5.11 Å². The fourth-order valence-electron chi connectivity index (χ4n) is 2.24. The van der Waals surface area contributed by atoms with Gasteiger partial charge in [0.05, 0.1) is 12.6 Å². The van der Waals surface area contributed by atoms with Crippen molar-refractivity contribution >= 4 is 5.97 Å². The summed E-state index contributed by atoms with van der Waals surface area (Å²) >= 11 is 0. The van der Waals surface area contributed by atoms with Crippen LogP contribution in [0.4, 0.5) is 4.39 Å². The Morgan fingerprint density at radius 2 is 2.33 bits per heavy atom. The van der Waals surface area contributed by atoms with Crippen LogP contribution >= 0.6 is 0 Å². The van der Waals surface area contributed by atoms with Crippen molar-refractivity contribution in [3.63, 3.8) is 0 Å². The number of halogens is 1. The Morgan fingerprint density at radius 1 is 1.60 bits per heavy atom. The van der Waals surface area contributed by atoms with E-state index in [9.17, 15) is 9.18 Å². The van der Waals surface area contributed by atoms with Crippen LogP contribution in [0.3, 0.4) is 0 Å². The molecule has 0 aliphatic heterocycles. The molecule has 80 valence electrons. The summed E-state index contributed by atoms with van der Waals surface area (Å²) in [4.78, 5) is 14.4. The standard InChI is InChI=1S/C11H12FNO2/c12-9-7-13-5-2-8(9)11(3-1-4-11)6-10(14)15/h2,5,7H,1,3-4,6H2,(H,14,15). The van der Waals surface area contributed by atoms with Gasteiger partial charge in [-0.1, -0.05) is 6.42 Å². The molecule has 0 spiro atoms. The molecule has 0 bridgehead atoms. The summed E-state index contributed by atoms with van der Waals surface area (Å²) in [7, 11) is 0. The molecule has 1 saturated carbocycles. The summed E-state index contributed by atoms with van der Waals surface area (Å²) in [6.45, 7) is 0. The number of nitrogens with zero attached hydrogens (tertiary/aromatic N) is 1. The van der Waals surface area contributed by atoms with Gasteiger partial charge in [-0.15, -0.1) is 0 Å². The molecule has 0 saturated heterocycles. The van der Waals surface area contributed by atoms with E-state index in [0.717, 1.165) is 25.5 Å². The third kappa shape index (κ3) is 1.71. The number of carboxylic acids is 1. The number of hydrogen-bond donors (Lipinski definition) is 1. The highest BCUT2D eigenvalue weighted by Gasteiger charge is 2.42. The number of rotatable bonds is 3. The first-order valence-electron chi connectivity index (χ1n) is 4.96. The Labute approximate surface area is 87.0 Å². The van der Waals surface area contributed by atoms with Gasteiger partial charge in [0.2, 0.25) is 0 Å². The quantitative estimate of drug-likeness (QED) is 0.829. The molecule has 1 aromatic rings. The molecular formula is C11H12FNO2. The molecule has 0 atom stereocenters. The van der Waals surface area contributed by atoms with Crippen molar-refractivity contribution in [1.82, 2.24) is 4.98 Å². The molecule has 0 aromatic carbocycles. The van der Waals surface area contributed by atoms with Crippen LogP contribution in [0.5, 0.6) is 0 Å². The number of hydrogen-bond acceptors (Lipinski definition) is 2. The Hall–Kier alpha value is -1.45. The van der Waals surface area contributed by atoms with Gasteiger partial charge in [-0.3, -0.25) is 9.78 Å². The highest BCUT2D eigenvalue weighted by molar-refractivity contribution is 5.69. The van der Waals surface area contributed by atoms with E-state index in [1.165, 1.54) is 6.20 Å². The molecule has 2 rings (SSSR count). The van der Waals surface area contributed by atoms with Crippen LogP contribution in [0.2, 0.25) is 0 Å². The maximum atomic E-state index is 13.5. The smallest absolute Gasteiger partial charge is 0.304 e. The van der Waals surface area contributed by atoms with Crippen molar-refractivity contribution in [2.45, 2.75) is 31.1 Å². The second-order valence-electron chi connectivity index (χ2n) is 4.06. The van der Waals surface area contributed by atoms with E-state index >= 15 is 0 Å². The predicted octanol–water partition coefficient (Wildman–Crippen LogP) is 2.12. The largest absolute Gasteiger partial charge is 0.481 e. The number of carboxylic acid groups (broad SMARTS) is 1. The van der Waals surface area contributed by atoms with Gasteiger partial charge in [0.1, 0.15) is 5.82 Å².